The summed E-state index contributed by atoms with van der Waals surface area (Å²) in [7, 11) is 0. The van der Waals surface area contributed by atoms with Crippen molar-refractivity contribution in [1.29, 1.82) is 0 Å². The van der Waals surface area contributed by atoms with Crippen LogP contribution in [0.5, 0.6) is 0 Å². The summed E-state index contributed by atoms with van der Waals surface area (Å²) < 4.78 is 0. The van der Waals surface area contributed by atoms with Gasteiger partial charge in [0.25, 0.3) is 0 Å². The molecule has 0 amide bonds. The average molecular weight is 237 g/mol. The van der Waals surface area contributed by atoms with E-state index >= 15 is 0 Å². The SMILES string of the molecule is CC1(C)CC(C)(C)CC(N)(CC2CCCC2)C1. The lowest BCUT2D eigenvalue weighted by atomic mass is 9.57. The first-order valence-corrected chi connectivity index (χ1v) is 7.49. The number of hydrogen-bond acceptors (Lipinski definition) is 1. The second kappa shape index (κ2) is 4.26. The Morgan fingerprint density at radius 1 is 0.882 bits per heavy atom. The summed E-state index contributed by atoms with van der Waals surface area (Å²) in [4.78, 5) is 0. The largest absolute Gasteiger partial charge is 0.325 e. The average Bonchev–Trinajstić information content (AvgIpc) is 2.47. The van der Waals surface area contributed by atoms with Crippen LogP contribution in [-0.2, 0) is 0 Å². The van der Waals surface area contributed by atoms with E-state index in [0.717, 1.165) is 5.92 Å². The molecular weight excluding hydrogens is 206 g/mol. The first kappa shape index (κ1) is 13.4. The van der Waals surface area contributed by atoms with Gasteiger partial charge in [0, 0.05) is 5.54 Å². The van der Waals surface area contributed by atoms with Gasteiger partial charge in [0.15, 0.2) is 0 Å². The highest BCUT2D eigenvalue weighted by atomic mass is 14.8. The lowest BCUT2D eigenvalue weighted by Gasteiger charge is -2.51. The van der Waals surface area contributed by atoms with Crippen molar-refractivity contribution in [2.45, 2.75) is 84.6 Å². The fraction of sp³-hybridized carbons (Fsp3) is 1.00. The Morgan fingerprint density at radius 2 is 1.35 bits per heavy atom. The van der Waals surface area contributed by atoms with E-state index in [0.29, 0.717) is 10.8 Å². The summed E-state index contributed by atoms with van der Waals surface area (Å²) >= 11 is 0. The van der Waals surface area contributed by atoms with Crippen LogP contribution >= 0.6 is 0 Å². The first-order chi connectivity index (χ1) is 7.70. The van der Waals surface area contributed by atoms with E-state index in [1.165, 1.54) is 51.4 Å². The van der Waals surface area contributed by atoms with Crippen molar-refractivity contribution in [1.82, 2.24) is 0 Å². The van der Waals surface area contributed by atoms with Gasteiger partial charge >= 0.3 is 0 Å². The van der Waals surface area contributed by atoms with Crippen molar-refractivity contribution < 1.29 is 0 Å². The molecule has 2 aliphatic rings. The fourth-order valence-electron chi connectivity index (χ4n) is 5.32. The standard InChI is InChI=1S/C16H31N/c1-14(2)10-15(3,4)12-16(17,11-14)9-13-7-5-6-8-13/h13H,5-12,17H2,1-4H3. The topological polar surface area (TPSA) is 26.0 Å². The smallest absolute Gasteiger partial charge is 0.0167 e. The molecule has 17 heavy (non-hydrogen) atoms. The molecule has 0 heterocycles. The van der Waals surface area contributed by atoms with Crippen LogP contribution in [-0.4, -0.2) is 5.54 Å². The zero-order valence-electron chi connectivity index (χ0n) is 12.3. The van der Waals surface area contributed by atoms with E-state index in [2.05, 4.69) is 27.7 Å². The summed E-state index contributed by atoms with van der Waals surface area (Å²) in [6, 6.07) is 0. The molecule has 100 valence electrons. The molecule has 2 fully saturated rings. The maximum absolute atomic E-state index is 6.79. The third-order valence-corrected chi connectivity index (χ3v) is 4.79. The van der Waals surface area contributed by atoms with Crippen LogP contribution < -0.4 is 5.73 Å². The summed E-state index contributed by atoms with van der Waals surface area (Å²) in [5.74, 6) is 0.921. The minimum absolute atomic E-state index is 0.111. The summed E-state index contributed by atoms with van der Waals surface area (Å²) in [5.41, 5.74) is 7.75. The minimum Gasteiger partial charge on any atom is -0.325 e. The number of rotatable bonds is 2. The third-order valence-electron chi connectivity index (χ3n) is 4.79. The molecule has 2 aliphatic carbocycles. The monoisotopic (exact) mass is 237 g/mol. The summed E-state index contributed by atoms with van der Waals surface area (Å²) in [6.45, 7) is 9.63. The maximum atomic E-state index is 6.79. The van der Waals surface area contributed by atoms with Crippen molar-refractivity contribution in [3.8, 4) is 0 Å². The molecule has 0 unspecified atom stereocenters. The van der Waals surface area contributed by atoms with Crippen molar-refractivity contribution in [3.63, 3.8) is 0 Å². The van der Waals surface area contributed by atoms with Crippen molar-refractivity contribution in [2.75, 3.05) is 0 Å². The Kier molecular flexibility index (Phi) is 3.36. The second-order valence-electron chi connectivity index (χ2n) is 8.58. The van der Waals surface area contributed by atoms with Gasteiger partial charge in [-0.25, -0.2) is 0 Å². The molecule has 0 aromatic heterocycles. The van der Waals surface area contributed by atoms with Crippen LogP contribution in [0.15, 0.2) is 0 Å². The summed E-state index contributed by atoms with van der Waals surface area (Å²) in [6.07, 6.45) is 10.8. The van der Waals surface area contributed by atoms with Crippen LogP contribution in [0.1, 0.15) is 79.1 Å². The Bertz CT molecular complexity index is 255. The Balaban J connectivity index is 2.06. The molecule has 0 aromatic rings. The zero-order valence-corrected chi connectivity index (χ0v) is 12.3. The maximum Gasteiger partial charge on any atom is 0.0167 e. The van der Waals surface area contributed by atoms with Gasteiger partial charge in [-0.05, 0) is 42.4 Å². The van der Waals surface area contributed by atoms with E-state index in [9.17, 15) is 0 Å². The predicted molar refractivity (Wildman–Crippen MR) is 74.9 cm³/mol. The van der Waals surface area contributed by atoms with Crippen molar-refractivity contribution in [2.24, 2.45) is 22.5 Å². The van der Waals surface area contributed by atoms with Crippen LogP contribution in [0.4, 0.5) is 0 Å². The molecule has 2 N–H and O–H groups in total. The lowest BCUT2D eigenvalue weighted by molar-refractivity contribution is 0.0365. The lowest BCUT2D eigenvalue weighted by Crippen LogP contribution is -2.52. The van der Waals surface area contributed by atoms with Gasteiger partial charge in [0.1, 0.15) is 0 Å². The second-order valence-corrected chi connectivity index (χ2v) is 8.58. The zero-order chi connectivity index (χ0) is 12.7. The van der Waals surface area contributed by atoms with Gasteiger partial charge in [0.05, 0.1) is 0 Å². The van der Waals surface area contributed by atoms with Gasteiger partial charge < -0.3 is 5.73 Å². The van der Waals surface area contributed by atoms with Crippen LogP contribution in [0.2, 0.25) is 0 Å². The molecule has 0 spiro atoms. The van der Waals surface area contributed by atoms with Gasteiger partial charge in [-0.2, -0.15) is 0 Å². The molecule has 0 atom stereocenters. The van der Waals surface area contributed by atoms with Gasteiger partial charge in [-0.3, -0.25) is 0 Å². The molecule has 2 saturated carbocycles. The molecule has 0 saturated heterocycles. The quantitative estimate of drug-likeness (QED) is 0.752. The van der Waals surface area contributed by atoms with Gasteiger partial charge in [-0.1, -0.05) is 53.4 Å². The third kappa shape index (κ3) is 3.47. The van der Waals surface area contributed by atoms with E-state index in [1.807, 2.05) is 0 Å². The number of nitrogens with two attached hydrogens (primary N) is 1. The highest BCUT2D eigenvalue weighted by Crippen LogP contribution is 2.51. The Hall–Kier alpha value is -0.0400. The molecule has 0 aliphatic heterocycles. The van der Waals surface area contributed by atoms with Crippen LogP contribution in [0, 0.1) is 16.7 Å². The Labute approximate surface area is 108 Å². The Morgan fingerprint density at radius 3 is 1.82 bits per heavy atom. The first-order valence-electron chi connectivity index (χ1n) is 7.49. The highest BCUT2D eigenvalue weighted by Gasteiger charge is 2.46. The van der Waals surface area contributed by atoms with E-state index in [-0.39, 0.29) is 5.54 Å². The molecule has 1 heteroatoms. The van der Waals surface area contributed by atoms with E-state index in [1.54, 1.807) is 0 Å². The van der Waals surface area contributed by atoms with E-state index in [4.69, 9.17) is 5.73 Å². The van der Waals surface area contributed by atoms with Crippen molar-refractivity contribution >= 4 is 0 Å². The van der Waals surface area contributed by atoms with Gasteiger partial charge in [-0.15, -0.1) is 0 Å². The van der Waals surface area contributed by atoms with Crippen LogP contribution in [0.25, 0.3) is 0 Å². The molecule has 0 bridgehead atoms. The molecule has 0 aromatic carbocycles. The minimum atomic E-state index is 0.111. The predicted octanol–water partition coefficient (Wildman–Crippen LogP) is 4.50. The molecule has 1 nitrogen and oxygen atoms in total. The molecule has 0 radical (unpaired) electrons. The molecule has 2 rings (SSSR count). The highest BCUT2D eigenvalue weighted by molar-refractivity contribution is 5.01. The fourth-order valence-corrected chi connectivity index (χ4v) is 5.32. The summed E-state index contributed by atoms with van der Waals surface area (Å²) in [5, 5.41) is 0. The van der Waals surface area contributed by atoms with E-state index < -0.39 is 0 Å². The number of hydrogen-bond donors (Lipinski definition) is 1. The molecular formula is C16H31N. The van der Waals surface area contributed by atoms with Crippen molar-refractivity contribution in [3.05, 3.63) is 0 Å². The van der Waals surface area contributed by atoms with Crippen LogP contribution in [0.3, 0.4) is 0 Å². The normalized spacial score (nSPS) is 31.6. The van der Waals surface area contributed by atoms with Gasteiger partial charge in [0.2, 0.25) is 0 Å².